The lowest BCUT2D eigenvalue weighted by atomic mass is 10.2. The van der Waals surface area contributed by atoms with Crippen molar-refractivity contribution in [3.63, 3.8) is 0 Å². The van der Waals surface area contributed by atoms with Gasteiger partial charge in [-0.1, -0.05) is 0 Å². The second-order valence-electron chi connectivity index (χ2n) is 4.19. The van der Waals surface area contributed by atoms with Crippen LogP contribution in [-0.4, -0.2) is 44.4 Å². The largest absolute Gasteiger partial charge is 0.394 e. The minimum absolute atomic E-state index is 0.0478. The number of aliphatic hydroxyl groups is 1. The molecule has 2 heterocycles. The number of nitrogens with zero attached hydrogens (tertiary/aromatic N) is 3. The first-order valence-electron chi connectivity index (χ1n) is 5.92. The molecule has 0 bridgehead atoms. The van der Waals surface area contributed by atoms with Gasteiger partial charge in [-0.25, -0.2) is 4.98 Å². The van der Waals surface area contributed by atoms with Crippen LogP contribution in [0.2, 0.25) is 0 Å². The van der Waals surface area contributed by atoms with E-state index < -0.39 is 0 Å². The highest BCUT2D eigenvalue weighted by atomic mass is 32.2. The third-order valence-electron chi connectivity index (χ3n) is 2.73. The van der Waals surface area contributed by atoms with Crippen LogP contribution in [0.4, 0.5) is 5.82 Å². The average Bonchev–Trinajstić information content (AvgIpc) is 2.82. The number of rotatable bonds is 6. The summed E-state index contributed by atoms with van der Waals surface area (Å²) in [6.07, 6.45) is 4.71. The predicted molar refractivity (Wildman–Crippen MR) is 75.2 cm³/mol. The summed E-state index contributed by atoms with van der Waals surface area (Å²) in [6, 6.07) is 3.86. The van der Waals surface area contributed by atoms with Gasteiger partial charge in [0.25, 0.3) is 0 Å². The van der Waals surface area contributed by atoms with Gasteiger partial charge in [-0.2, -0.15) is 21.4 Å². The van der Waals surface area contributed by atoms with Crippen molar-refractivity contribution in [3.05, 3.63) is 24.0 Å². The van der Waals surface area contributed by atoms with Crippen LogP contribution >= 0.6 is 11.8 Å². The smallest absolute Gasteiger partial charge is 0.157 e. The van der Waals surface area contributed by atoms with Crippen LogP contribution in [-0.2, 0) is 0 Å². The molecule has 2 aromatic heterocycles. The third-order valence-corrected chi connectivity index (χ3v) is 3.37. The Labute approximate surface area is 111 Å². The maximum absolute atomic E-state index is 9.39. The number of hydrogen-bond acceptors (Lipinski definition) is 5. The van der Waals surface area contributed by atoms with Gasteiger partial charge < -0.3 is 10.4 Å². The van der Waals surface area contributed by atoms with E-state index in [-0.39, 0.29) is 12.6 Å². The summed E-state index contributed by atoms with van der Waals surface area (Å²) < 4.78 is 1.76. The van der Waals surface area contributed by atoms with Crippen LogP contribution in [0, 0.1) is 6.92 Å². The standard InChI is InChI=1S/C12H18N4OS/c1-9-7-12(15-10(8-17)4-6-18-2)16-11(14-9)3-5-13-16/h3,5,7,10,15,17H,4,6,8H2,1-2H3/t10-/m0/s1. The summed E-state index contributed by atoms with van der Waals surface area (Å²) in [5, 5.41) is 17.0. The van der Waals surface area contributed by atoms with Crippen LogP contribution < -0.4 is 5.32 Å². The van der Waals surface area contributed by atoms with E-state index >= 15 is 0 Å². The van der Waals surface area contributed by atoms with Crippen LogP contribution in [0.5, 0.6) is 0 Å². The fourth-order valence-corrected chi connectivity index (χ4v) is 2.34. The molecule has 2 aromatic rings. The van der Waals surface area contributed by atoms with E-state index in [1.165, 1.54) is 0 Å². The molecule has 0 radical (unpaired) electrons. The predicted octanol–water partition coefficient (Wildman–Crippen LogP) is 1.56. The molecule has 0 spiro atoms. The fraction of sp³-hybridized carbons (Fsp3) is 0.500. The number of anilines is 1. The molecule has 0 aliphatic carbocycles. The van der Waals surface area contributed by atoms with Crippen LogP contribution in [0.1, 0.15) is 12.1 Å². The Bertz CT molecular complexity index is 514. The summed E-state index contributed by atoms with van der Waals surface area (Å²) >= 11 is 1.78. The van der Waals surface area contributed by atoms with Gasteiger partial charge in [0.2, 0.25) is 0 Å². The number of aryl methyl sites for hydroxylation is 1. The van der Waals surface area contributed by atoms with Crippen molar-refractivity contribution in [2.45, 2.75) is 19.4 Å². The summed E-state index contributed by atoms with van der Waals surface area (Å²) in [4.78, 5) is 4.39. The minimum Gasteiger partial charge on any atom is -0.394 e. The molecule has 0 saturated heterocycles. The van der Waals surface area contributed by atoms with Gasteiger partial charge in [0, 0.05) is 17.8 Å². The molecule has 1 atom stereocenters. The van der Waals surface area contributed by atoms with E-state index in [4.69, 9.17) is 0 Å². The van der Waals surface area contributed by atoms with Gasteiger partial charge in [-0.05, 0) is 25.4 Å². The van der Waals surface area contributed by atoms with E-state index in [1.54, 1.807) is 22.5 Å². The van der Waals surface area contributed by atoms with Crippen molar-refractivity contribution in [1.82, 2.24) is 14.6 Å². The van der Waals surface area contributed by atoms with E-state index in [0.717, 1.165) is 29.3 Å². The molecule has 0 aromatic carbocycles. The highest BCUT2D eigenvalue weighted by molar-refractivity contribution is 7.98. The molecule has 6 heteroatoms. The topological polar surface area (TPSA) is 62.5 Å². The average molecular weight is 266 g/mol. The quantitative estimate of drug-likeness (QED) is 0.831. The van der Waals surface area contributed by atoms with Crippen LogP contribution in [0.25, 0.3) is 5.65 Å². The lowest BCUT2D eigenvalue weighted by Crippen LogP contribution is -2.26. The Hall–Kier alpha value is -1.27. The molecule has 0 aliphatic heterocycles. The molecule has 5 nitrogen and oxygen atoms in total. The van der Waals surface area contributed by atoms with Crippen molar-refractivity contribution >= 4 is 23.2 Å². The Kier molecular flexibility index (Phi) is 4.43. The molecule has 0 aliphatic rings. The van der Waals surface area contributed by atoms with Crippen molar-refractivity contribution < 1.29 is 5.11 Å². The molecular formula is C12H18N4OS. The number of nitrogens with one attached hydrogen (secondary N) is 1. The lowest BCUT2D eigenvalue weighted by Gasteiger charge is -2.17. The van der Waals surface area contributed by atoms with Crippen LogP contribution in [0.15, 0.2) is 18.3 Å². The summed E-state index contributed by atoms with van der Waals surface area (Å²) in [5.74, 6) is 1.90. The first-order chi connectivity index (χ1) is 8.74. The van der Waals surface area contributed by atoms with Gasteiger partial charge in [0.05, 0.1) is 18.8 Å². The monoisotopic (exact) mass is 266 g/mol. The van der Waals surface area contributed by atoms with Gasteiger partial charge in [0.15, 0.2) is 5.65 Å². The number of hydrogen-bond donors (Lipinski definition) is 2. The Morgan fingerprint density at radius 2 is 2.39 bits per heavy atom. The molecule has 2 N–H and O–H groups in total. The summed E-state index contributed by atoms with van der Waals surface area (Å²) in [7, 11) is 0. The number of aliphatic hydroxyl groups excluding tert-OH is 1. The summed E-state index contributed by atoms with van der Waals surface area (Å²) in [5.41, 5.74) is 1.76. The molecule has 98 valence electrons. The molecule has 0 fully saturated rings. The molecule has 18 heavy (non-hydrogen) atoms. The molecule has 2 rings (SSSR count). The van der Waals surface area contributed by atoms with Gasteiger partial charge in [-0.15, -0.1) is 0 Å². The Balaban J connectivity index is 2.21. The first kappa shape index (κ1) is 13.2. The summed E-state index contributed by atoms with van der Waals surface area (Å²) in [6.45, 7) is 2.07. The van der Waals surface area contributed by atoms with E-state index in [1.807, 2.05) is 19.1 Å². The zero-order valence-corrected chi connectivity index (χ0v) is 11.4. The number of aromatic nitrogens is 3. The van der Waals surface area contributed by atoms with E-state index in [9.17, 15) is 5.11 Å². The van der Waals surface area contributed by atoms with Crippen molar-refractivity contribution in [2.75, 3.05) is 23.9 Å². The van der Waals surface area contributed by atoms with E-state index in [2.05, 4.69) is 21.7 Å². The first-order valence-corrected chi connectivity index (χ1v) is 7.31. The van der Waals surface area contributed by atoms with Gasteiger partial charge in [-0.3, -0.25) is 0 Å². The Morgan fingerprint density at radius 1 is 1.56 bits per heavy atom. The van der Waals surface area contributed by atoms with E-state index in [0.29, 0.717) is 0 Å². The minimum atomic E-state index is 0.0478. The Morgan fingerprint density at radius 3 is 3.11 bits per heavy atom. The molecular weight excluding hydrogens is 248 g/mol. The maximum atomic E-state index is 9.39. The van der Waals surface area contributed by atoms with Crippen molar-refractivity contribution in [3.8, 4) is 0 Å². The molecule has 0 saturated carbocycles. The normalized spacial score (nSPS) is 12.8. The number of fused-ring (bicyclic) bond motifs is 1. The van der Waals surface area contributed by atoms with Crippen molar-refractivity contribution in [1.29, 1.82) is 0 Å². The zero-order chi connectivity index (χ0) is 13.0. The second kappa shape index (κ2) is 6.06. The molecule has 0 amide bonds. The highest BCUT2D eigenvalue weighted by Gasteiger charge is 2.10. The highest BCUT2D eigenvalue weighted by Crippen LogP contribution is 2.14. The number of thioether (sulfide) groups is 1. The second-order valence-corrected chi connectivity index (χ2v) is 5.17. The zero-order valence-electron chi connectivity index (χ0n) is 10.6. The fourth-order valence-electron chi connectivity index (χ4n) is 1.82. The van der Waals surface area contributed by atoms with Gasteiger partial charge in [0.1, 0.15) is 5.82 Å². The van der Waals surface area contributed by atoms with Crippen molar-refractivity contribution in [2.24, 2.45) is 0 Å². The SMILES string of the molecule is CSCC[C@@H](CO)Nc1cc(C)nc2ccnn12. The van der Waals surface area contributed by atoms with Gasteiger partial charge >= 0.3 is 0 Å². The van der Waals surface area contributed by atoms with Crippen LogP contribution in [0.3, 0.4) is 0 Å². The lowest BCUT2D eigenvalue weighted by molar-refractivity contribution is 0.272. The molecule has 0 unspecified atom stereocenters. The maximum Gasteiger partial charge on any atom is 0.157 e. The third kappa shape index (κ3) is 2.94.